The van der Waals surface area contributed by atoms with Crippen LogP contribution in [0.1, 0.15) is 93.4 Å². The van der Waals surface area contributed by atoms with E-state index in [9.17, 15) is 4.79 Å². The number of carbonyl (C=O) groups excluding carboxylic acids is 1. The van der Waals surface area contributed by atoms with E-state index in [4.69, 9.17) is 9.16 Å². The predicted octanol–water partition coefficient (Wildman–Crippen LogP) is 7.79. The van der Waals surface area contributed by atoms with Crippen LogP contribution in [-0.4, -0.2) is 21.4 Å². The van der Waals surface area contributed by atoms with Crippen LogP contribution in [0.4, 0.5) is 0 Å². The van der Waals surface area contributed by atoms with Crippen LogP contribution in [0.25, 0.3) is 0 Å². The normalized spacial score (nSPS) is 33.6. The van der Waals surface area contributed by atoms with Crippen LogP contribution in [0.15, 0.2) is 23.0 Å². The van der Waals surface area contributed by atoms with Crippen LogP contribution in [0.2, 0.25) is 18.1 Å². The SMILES string of the molecule is COC(=O)C1=C(O[Si](C)(C)C(C)(C)C)C[C@]2(C)CC[C@H]3C(C)(C)CCC[C@]3(C)C2=CC1. The van der Waals surface area contributed by atoms with Crippen molar-refractivity contribution in [3.8, 4) is 0 Å². The lowest BCUT2D eigenvalue weighted by molar-refractivity contribution is -0.136. The maximum absolute atomic E-state index is 12.9. The molecule has 176 valence electrons. The van der Waals surface area contributed by atoms with Crippen molar-refractivity contribution in [1.29, 1.82) is 0 Å². The van der Waals surface area contributed by atoms with E-state index in [2.05, 4.69) is 67.6 Å². The Hall–Kier alpha value is -1.03. The van der Waals surface area contributed by atoms with Crippen molar-refractivity contribution in [3.63, 3.8) is 0 Å². The van der Waals surface area contributed by atoms with Crippen molar-refractivity contribution < 1.29 is 14.0 Å². The summed E-state index contributed by atoms with van der Waals surface area (Å²) >= 11 is 0. The van der Waals surface area contributed by atoms with E-state index in [0.29, 0.717) is 17.8 Å². The molecule has 0 aromatic heterocycles. The van der Waals surface area contributed by atoms with E-state index in [1.165, 1.54) is 39.2 Å². The van der Waals surface area contributed by atoms with E-state index in [0.717, 1.165) is 17.8 Å². The minimum atomic E-state index is -2.07. The van der Waals surface area contributed by atoms with Gasteiger partial charge in [-0.1, -0.05) is 66.5 Å². The van der Waals surface area contributed by atoms with Crippen LogP contribution >= 0.6 is 0 Å². The highest BCUT2D eigenvalue weighted by atomic mass is 28.4. The fourth-order valence-electron chi connectivity index (χ4n) is 6.76. The number of hydrogen-bond acceptors (Lipinski definition) is 3. The molecule has 0 unspecified atom stereocenters. The summed E-state index contributed by atoms with van der Waals surface area (Å²) in [6.07, 6.45) is 10.2. The minimum absolute atomic E-state index is 0.0478. The molecule has 0 saturated heterocycles. The maximum Gasteiger partial charge on any atom is 0.337 e. The summed E-state index contributed by atoms with van der Waals surface area (Å²) in [5, 5.41) is 0.0851. The Bertz CT molecular complexity index is 798. The zero-order valence-corrected chi connectivity index (χ0v) is 22.8. The first-order chi connectivity index (χ1) is 14.1. The number of fused-ring (bicyclic) bond motifs is 3. The van der Waals surface area contributed by atoms with E-state index in [1.807, 2.05) is 0 Å². The molecule has 0 aromatic carbocycles. The maximum atomic E-state index is 12.9. The smallest absolute Gasteiger partial charge is 0.337 e. The molecule has 3 rings (SSSR count). The quantitative estimate of drug-likeness (QED) is 0.252. The number of allylic oxidation sites excluding steroid dienone is 3. The zero-order valence-electron chi connectivity index (χ0n) is 21.8. The molecule has 0 aliphatic heterocycles. The summed E-state index contributed by atoms with van der Waals surface area (Å²) < 4.78 is 12.1. The molecule has 0 spiro atoms. The molecule has 3 nitrogen and oxygen atoms in total. The third-order valence-corrected chi connectivity index (χ3v) is 13.9. The highest BCUT2D eigenvalue weighted by Crippen LogP contribution is 2.66. The van der Waals surface area contributed by atoms with Gasteiger partial charge in [-0.05, 0) is 66.0 Å². The summed E-state index contributed by atoms with van der Waals surface area (Å²) in [5.74, 6) is 1.39. The first-order valence-electron chi connectivity index (χ1n) is 12.3. The van der Waals surface area contributed by atoms with Gasteiger partial charge in [-0.2, -0.15) is 0 Å². The number of methoxy groups -OCH3 is 1. The molecule has 31 heavy (non-hydrogen) atoms. The first-order valence-corrected chi connectivity index (χ1v) is 15.2. The van der Waals surface area contributed by atoms with Gasteiger partial charge in [0.15, 0.2) is 0 Å². The number of esters is 1. The van der Waals surface area contributed by atoms with Gasteiger partial charge in [-0.25, -0.2) is 4.79 Å². The molecule has 2 fully saturated rings. The fraction of sp³-hybridized carbons (Fsp3) is 0.815. The van der Waals surface area contributed by atoms with Crippen molar-refractivity contribution in [2.75, 3.05) is 7.11 Å². The Morgan fingerprint density at radius 2 is 1.74 bits per heavy atom. The van der Waals surface area contributed by atoms with Gasteiger partial charge in [-0.3, -0.25) is 0 Å². The molecule has 3 atom stereocenters. The van der Waals surface area contributed by atoms with E-state index < -0.39 is 8.32 Å². The van der Waals surface area contributed by atoms with Crippen LogP contribution in [0.5, 0.6) is 0 Å². The lowest BCUT2D eigenvalue weighted by Gasteiger charge is -2.59. The third kappa shape index (κ3) is 4.18. The highest BCUT2D eigenvalue weighted by molar-refractivity contribution is 6.74. The molecular formula is C27H46O3Si. The Labute approximate surface area is 192 Å². The average molecular weight is 447 g/mol. The summed E-state index contributed by atoms with van der Waals surface area (Å²) in [4.78, 5) is 12.9. The summed E-state index contributed by atoms with van der Waals surface area (Å²) in [5.41, 5.74) is 2.96. The Morgan fingerprint density at radius 3 is 2.32 bits per heavy atom. The molecular weight excluding hydrogens is 400 g/mol. The average Bonchev–Trinajstić information content (AvgIpc) is 2.75. The third-order valence-electron chi connectivity index (χ3n) is 9.49. The number of rotatable bonds is 3. The minimum Gasteiger partial charge on any atom is -0.546 e. The molecule has 0 bridgehead atoms. The molecule has 0 heterocycles. The summed E-state index contributed by atoms with van der Waals surface area (Å²) in [6.45, 7) is 21.2. The molecule has 4 heteroatoms. The lowest BCUT2D eigenvalue weighted by Crippen LogP contribution is -2.50. The van der Waals surface area contributed by atoms with Gasteiger partial charge >= 0.3 is 5.97 Å². The van der Waals surface area contributed by atoms with Crippen molar-refractivity contribution >= 4 is 14.3 Å². The van der Waals surface area contributed by atoms with Crippen LogP contribution in [0.3, 0.4) is 0 Å². The molecule has 0 N–H and O–H groups in total. The standard InChI is InChI=1S/C27H46O3Si/c1-24(2,3)31(9,10)30-20-18-26(6)17-14-21-25(4,5)15-11-16-27(21,7)22(26)13-12-19(20)23(28)29-8/h13,21H,11-12,14-18H2,1-10H3/t21-,26-,27-/m0/s1. The summed E-state index contributed by atoms with van der Waals surface area (Å²) in [7, 11) is -0.576. The van der Waals surface area contributed by atoms with Gasteiger partial charge in [0, 0.05) is 12.8 Å². The molecule has 3 aliphatic rings. The van der Waals surface area contributed by atoms with E-state index >= 15 is 0 Å². The van der Waals surface area contributed by atoms with Crippen LogP contribution in [-0.2, 0) is 14.0 Å². The Kier molecular flexibility index (Phi) is 6.17. The molecule has 3 aliphatic carbocycles. The molecule has 0 radical (unpaired) electrons. The lowest BCUT2D eigenvalue weighted by atomic mass is 9.45. The topological polar surface area (TPSA) is 35.5 Å². The number of hydrogen-bond donors (Lipinski definition) is 0. The van der Waals surface area contributed by atoms with Gasteiger partial charge in [0.1, 0.15) is 0 Å². The second-order valence-corrected chi connectivity index (χ2v) is 17.9. The Morgan fingerprint density at radius 1 is 1.10 bits per heavy atom. The Balaban J connectivity index is 2.06. The predicted molar refractivity (Wildman–Crippen MR) is 131 cm³/mol. The monoisotopic (exact) mass is 446 g/mol. The second kappa shape index (κ2) is 7.78. The van der Waals surface area contributed by atoms with Crippen LogP contribution in [0, 0.1) is 22.2 Å². The summed E-state index contributed by atoms with van der Waals surface area (Å²) in [6, 6.07) is 0. The highest BCUT2D eigenvalue weighted by Gasteiger charge is 2.56. The van der Waals surface area contributed by atoms with Gasteiger partial charge in [0.05, 0.1) is 18.4 Å². The van der Waals surface area contributed by atoms with Crippen molar-refractivity contribution in [3.05, 3.63) is 23.0 Å². The second-order valence-electron chi connectivity index (χ2n) is 13.2. The molecule has 0 aromatic rings. The first kappa shape index (κ1) is 24.6. The zero-order chi connectivity index (χ0) is 23.5. The van der Waals surface area contributed by atoms with Crippen molar-refractivity contribution in [2.24, 2.45) is 22.2 Å². The van der Waals surface area contributed by atoms with Crippen molar-refractivity contribution in [1.82, 2.24) is 0 Å². The fourth-order valence-corrected chi connectivity index (χ4v) is 7.88. The van der Waals surface area contributed by atoms with Gasteiger partial charge in [0.25, 0.3) is 0 Å². The number of carbonyl (C=O) groups is 1. The molecule has 0 amide bonds. The largest absolute Gasteiger partial charge is 0.546 e. The van der Waals surface area contributed by atoms with E-state index in [-0.39, 0.29) is 21.8 Å². The van der Waals surface area contributed by atoms with Crippen molar-refractivity contribution in [2.45, 2.75) is 112 Å². The van der Waals surface area contributed by atoms with Gasteiger partial charge < -0.3 is 9.16 Å². The van der Waals surface area contributed by atoms with Crippen LogP contribution < -0.4 is 0 Å². The van der Waals surface area contributed by atoms with Gasteiger partial charge in [0.2, 0.25) is 8.32 Å². The molecule has 2 saturated carbocycles. The van der Waals surface area contributed by atoms with E-state index in [1.54, 1.807) is 5.57 Å². The van der Waals surface area contributed by atoms with Gasteiger partial charge in [-0.15, -0.1) is 0 Å². The number of ether oxygens (including phenoxy) is 1.